The normalized spacial score (nSPS) is 43.8. The molecule has 1 aromatic rings. The van der Waals surface area contributed by atoms with E-state index < -0.39 is 11.2 Å². The zero-order chi connectivity index (χ0) is 22.0. The number of benzene rings is 1. The number of ether oxygens (including phenoxy) is 3. The summed E-state index contributed by atoms with van der Waals surface area (Å²) in [6, 6.07) is 4.73. The lowest BCUT2D eigenvalue weighted by Gasteiger charge is -2.74. The standard InChI is InChI=1S/C26H37NO4/c1-22(2,3)23(4,28)17-14-24-9-10-26(17,30-6)21-25(24)11-12-27-18(24)13-15-7-8-16(29-5)20(31-21)19(15)25/h7-8,17-18,21,27-28H,9-14H2,1-6H3/t17-,18?,21?,23+,24-,25?,26-/m1/s1. The third kappa shape index (κ3) is 1.98. The smallest absolute Gasteiger partial charge is 0.165 e. The fourth-order valence-corrected chi connectivity index (χ4v) is 8.68. The Balaban J connectivity index is 1.64. The predicted octanol–water partition coefficient (Wildman–Crippen LogP) is 3.59. The van der Waals surface area contributed by atoms with Gasteiger partial charge in [-0.2, -0.15) is 0 Å². The van der Waals surface area contributed by atoms with Gasteiger partial charge in [0.05, 0.1) is 12.7 Å². The molecular formula is C26H37NO4. The molecule has 7 atom stereocenters. The van der Waals surface area contributed by atoms with Crippen molar-refractivity contribution in [2.75, 3.05) is 20.8 Å². The molecule has 2 N–H and O–H groups in total. The first-order chi connectivity index (χ1) is 14.6. The lowest BCUT2D eigenvalue weighted by atomic mass is 9.33. The van der Waals surface area contributed by atoms with E-state index >= 15 is 0 Å². The highest BCUT2D eigenvalue weighted by Gasteiger charge is 2.81. The minimum Gasteiger partial charge on any atom is -0.493 e. The Morgan fingerprint density at radius 2 is 1.90 bits per heavy atom. The van der Waals surface area contributed by atoms with Gasteiger partial charge in [-0.3, -0.25) is 0 Å². The van der Waals surface area contributed by atoms with Crippen LogP contribution in [-0.2, 0) is 16.6 Å². The maximum absolute atomic E-state index is 12.0. The highest BCUT2D eigenvalue weighted by molar-refractivity contribution is 5.63. The van der Waals surface area contributed by atoms with E-state index in [1.54, 1.807) is 7.11 Å². The lowest BCUT2D eigenvalue weighted by molar-refractivity contribution is -0.303. The fraction of sp³-hybridized carbons (Fsp3) is 0.769. The van der Waals surface area contributed by atoms with E-state index in [1.165, 1.54) is 11.1 Å². The van der Waals surface area contributed by atoms with Crippen molar-refractivity contribution in [3.05, 3.63) is 23.3 Å². The maximum Gasteiger partial charge on any atom is 0.165 e. The Morgan fingerprint density at radius 3 is 2.58 bits per heavy atom. The Bertz CT molecular complexity index is 951. The first-order valence-corrected chi connectivity index (χ1v) is 12.0. The third-order valence-electron chi connectivity index (χ3n) is 10.6. The van der Waals surface area contributed by atoms with Crippen molar-refractivity contribution in [3.63, 3.8) is 0 Å². The lowest BCUT2D eigenvalue weighted by Crippen LogP contribution is -2.83. The Kier molecular flexibility index (Phi) is 3.79. The molecule has 2 aliphatic heterocycles. The number of hydrogen-bond donors (Lipinski definition) is 2. The van der Waals surface area contributed by atoms with E-state index in [1.807, 2.05) is 14.0 Å². The van der Waals surface area contributed by atoms with Crippen molar-refractivity contribution in [2.24, 2.45) is 16.7 Å². The van der Waals surface area contributed by atoms with Crippen LogP contribution in [0.1, 0.15) is 64.5 Å². The van der Waals surface area contributed by atoms with Crippen molar-refractivity contribution in [3.8, 4) is 11.5 Å². The number of piperidine rings is 1. The van der Waals surface area contributed by atoms with Gasteiger partial charge in [-0.1, -0.05) is 26.8 Å². The van der Waals surface area contributed by atoms with Gasteiger partial charge in [-0.15, -0.1) is 0 Å². The zero-order valence-electron chi connectivity index (χ0n) is 19.8. The van der Waals surface area contributed by atoms with E-state index in [-0.39, 0.29) is 28.3 Å². The number of rotatable bonds is 3. The van der Waals surface area contributed by atoms with E-state index in [2.05, 4.69) is 38.2 Å². The first kappa shape index (κ1) is 20.3. The number of hydrogen-bond acceptors (Lipinski definition) is 5. The average molecular weight is 428 g/mol. The molecule has 6 aliphatic rings. The second-order valence-electron chi connectivity index (χ2n) is 12.0. The van der Waals surface area contributed by atoms with Crippen molar-refractivity contribution < 1.29 is 19.3 Å². The molecule has 2 heterocycles. The molecule has 3 unspecified atom stereocenters. The molecule has 0 aromatic heterocycles. The van der Waals surface area contributed by atoms with Gasteiger partial charge in [0.2, 0.25) is 0 Å². The van der Waals surface area contributed by atoms with Crippen LogP contribution in [0.25, 0.3) is 0 Å². The predicted molar refractivity (Wildman–Crippen MR) is 119 cm³/mol. The van der Waals surface area contributed by atoms with Gasteiger partial charge in [0, 0.05) is 35.5 Å². The van der Waals surface area contributed by atoms with Gasteiger partial charge in [0.15, 0.2) is 11.5 Å². The molecule has 31 heavy (non-hydrogen) atoms. The van der Waals surface area contributed by atoms with E-state index in [0.717, 1.165) is 50.1 Å². The molecule has 4 fully saturated rings. The summed E-state index contributed by atoms with van der Waals surface area (Å²) in [6.45, 7) is 9.48. The van der Waals surface area contributed by atoms with Gasteiger partial charge in [-0.05, 0) is 62.6 Å². The van der Waals surface area contributed by atoms with Gasteiger partial charge in [-0.25, -0.2) is 0 Å². The van der Waals surface area contributed by atoms with Crippen LogP contribution in [0.3, 0.4) is 0 Å². The molecule has 5 heteroatoms. The van der Waals surface area contributed by atoms with Crippen LogP contribution in [0.4, 0.5) is 0 Å². The molecule has 4 aliphatic carbocycles. The van der Waals surface area contributed by atoms with Crippen molar-refractivity contribution in [2.45, 2.75) is 88.6 Å². The largest absolute Gasteiger partial charge is 0.493 e. The molecule has 5 nitrogen and oxygen atoms in total. The van der Waals surface area contributed by atoms with Crippen LogP contribution in [0.5, 0.6) is 11.5 Å². The van der Waals surface area contributed by atoms with Crippen molar-refractivity contribution in [1.29, 1.82) is 0 Å². The molecular weight excluding hydrogens is 390 g/mol. The summed E-state index contributed by atoms with van der Waals surface area (Å²) in [6.07, 6.45) is 4.99. The molecule has 170 valence electrons. The number of fused-ring (bicyclic) bond motifs is 2. The highest BCUT2D eigenvalue weighted by atomic mass is 16.6. The summed E-state index contributed by atoms with van der Waals surface area (Å²) >= 11 is 0. The van der Waals surface area contributed by atoms with Gasteiger partial charge in [0.25, 0.3) is 0 Å². The van der Waals surface area contributed by atoms with E-state index in [0.29, 0.717) is 6.04 Å². The summed E-state index contributed by atoms with van der Waals surface area (Å²) < 4.78 is 19.3. The molecule has 0 amide bonds. The van der Waals surface area contributed by atoms with Crippen LogP contribution in [0, 0.1) is 16.7 Å². The van der Waals surface area contributed by atoms with Crippen LogP contribution in [-0.4, -0.2) is 49.2 Å². The number of aliphatic hydroxyl groups is 1. The summed E-state index contributed by atoms with van der Waals surface area (Å²) in [5.74, 6) is 1.77. The maximum atomic E-state index is 12.0. The Hall–Kier alpha value is -1.30. The molecule has 1 saturated heterocycles. The third-order valence-corrected chi connectivity index (χ3v) is 10.6. The number of nitrogens with one attached hydrogen (secondary N) is 1. The van der Waals surface area contributed by atoms with Crippen molar-refractivity contribution in [1.82, 2.24) is 5.32 Å². The Labute approximate surface area is 185 Å². The second kappa shape index (κ2) is 5.78. The van der Waals surface area contributed by atoms with E-state index in [9.17, 15) is 5.11 Å². The van der Waals surface area contributed by atoms with Crippen molar-refractivity contribution >= 4 is 0 Å². The summed E-state index contributed by atoms with van der Waals surface area (Å²) in [5.41, 5.74) is 1.13. The minimum absolute atomic E-state index is 0.00105. The van der Waals surface area contributed by atoms with Crippen LogP contribution >= 0.6 is 0 Å². The van der Waals surface area contributed by atoms with Crippen LogP contribution < -0.4 is 14.8 Å². The SMILES string of the molecule is COc1ccc2c3c1OC1C34CCNC(C2)[C@]42CC[C@@]1(OC)[C@@H]([C@](C)(O)C(C)(C)C)C2. The quantitative estimate of drug-likeness (QED) is 0.772. The summed E-state index contributed by atoms with van der Waals surface area (Å²) in [7, 11) is 3.57. The minimum atomic E-state index is -0.880. The fourth-order valence-electron chi connectivity index (χ4n) is 8.68. The monoisotopic (exact) mass is 427 g/mol. The molecule has 0 radical (unpaired) electrons. The zero-order valence-corrected chi connectivity index (χ0v) is 19.8. The summed E-state index contributed by atoms with van der Waals surface area (Å²) in [5, 5.41) is 15.9. The molecule has 3 saturated carbocycles. The molecule has 2 spiro atoms. The van der Waals surface area contributed by atoms with Crippen LogP contribution in [0.2, 0.25) is 0 Å². The van der Waals surface area contributed by atoms with Gasteiger partial charge >= 0.3 is 0 Å². The average Bonchev–Trinajstić information content (AvgIpc) is 3.09. The van der Waals surface area contributed by atoms with E-state index in [4.69, 9.17) is 14.2 Å². The number of methoxy groups -OCH3 is 2. The van der Waals surface area contributed by atoms with Gasteiger partial charge in [0.1, 0.15) is 11.7 Å². The highest BCUT2D eigenvalue weighted by Crippen LogP contribution is 2.77. The van der Waals surface area contributed by atoms with Gasteiger partial charge < -0.3 is 24.6 Å². The second-order valence-corrected chi connectivity index (χ2v) is 12.0. The summed E-state index contributed by atoms with van der Waals surface area (Å²) in [4.78, 5) is 0. The molecule has 1 aromatic carbocycles. The molecule has 7 rings (SSSR count). The molecule has 4 bridgehead atoms. The van der Waals surface area contributed by atoms with Crippen LogP contribution in [0.15, 0.2) is 12.1 Å². The first-order valence-electron chi connectivity index (χ1n) is 12.0. The topological polar surface area (TPSA) is 60.0 Å². The Morgan fingerprint density at radius 1 is 1.13 bits per heavy atom.